The minimum atomic E-state index is -0.198. The number of halogens is 4. The molecule has 0 spiro atoms. The zero-order valence-corrected chi connectivity index (χ0v) is 21.4. The van der Waals surface area contributed by atoms with E-state index in [1.165, 1.54) is 11.8 Å². The maximum absolute atomic E-state index is 12.2. The molecule has 170 valence electrons. The van der Waals surface area contributed by atoms with Gasteiger partial charge in [0.15, 0.2) is 5.16 Å². The number of ether oxygens (including phenoxy) is 1. The molecule has 0 aliphatic rings. The first-order valence-electron chi connectivity index (χ1n) is 9.25. The average Bonchev–Trinajstić information content (AvgIpc) is 3.09. The number of amides is 1. The van der Waals surface area contributed by atoms with Gasteiger partial charge in [-0.2, -0.15) is 11.8 Å². The molecule has 1 N–H and O–H groups in total. The fraction of sp³-hybridized carbons (Fsp3) is 0.250. The third kappa shape index (κ3) is 7.37. The van der Waals surface area contributed by atoms with Crippen LogP contribution in [0.3, 0.4) is 0 Å². The smallest absolute Gasteiger partial charge is 0.234 e. The molecule has 0 bridgehead atoms. The van der Waals surface area contributed by atoms with Crippen LogP contribution in [-0.2, 0) is 17.6 Å². The Balaban J connectivity index is 1.41. The number of carbonyl (C=O) groups excluding carboxylic acids is 1. The highest BCUT2D eigenvalue weighted by molar-refractivity contribution is 7.99. The maximum Gasteiger partial charge on any atom is 0.234 e. The summed E-state index contributed by atoms with van der Waals surface area (Å²) in [7, 11) is 1.87. The molecule has 0 saturated carbocycles. The fourth-order valence-corrected chi connectivity index (χ4v) is 4.90. The Hall–Kier alpha value is -1.29. The van der Waals surface area contributed by atoms with Crippen LogP contribution in [0.1, 0.15) is 5.82 Å². The highest BCUT2D eigenvalue weighted by Gasteiger charge is 2.13. The van der Waals surface area contributed by atoms with Gasteiger partial charge >= 0.3 is 0 Å². The number of carbonyl (C=O) groups is 1. The standard InChI is InChI=1S/C20H18Cl4N4O2S2/c1-28-18(10-31-7-6-30-17-5-3-13(22)9-15(17)24)26-27-20(28)32-11-19(29)25-16-4-2-12(21)8-14(16)23/h2-5,8-9H,6-7,10-11H2,1H3,(H,25,29). The quantitative estimate of drug-likeness (QED) is 0.230. The van der Waals surface area contributed by atoms with Crippen LogP contribution >= 0.6 is 69.9 Å². The largest absolute Gasteiger partial charge is 0.491 e. The number of nitrogens with one attached hydrogen (secondary N) is 1. The van der Waals surface area contributed by atoms with Crippen LogP contribution in [0, 0.1) is 0 Å². The third-order valence-electron chi connectivity index (χ3n) is 4.07. The number of aromatic nitrogens is 3. The SMILES string of the molecule is Cn1c(CSCCOc2ccc(Cl)cc2Cl)nnc1SCC(=O)Nc1ccc(Cl)cc1Cl. The molecule has 3 aromatic rings. The lowest BCUT2D eigenvalue weighted by atomic mass is 10.3. The first kappa shape index (κ1) is 25.3. The molecule has 32 heavy (non-hydrogen) atoms. The summed E-state index contributed by atoms with van der Waals surface area (Å²) in [5.41, 5.74) is 0.513. The van der Waals surface area contributed by atoms with E-state index >= 15 is 0 Å². The maximum atomic E-state index is 12.2. The van der Waals surface area contributed by atoms with Crippen molar-refractivity contribution in [2.75, 3.05) is 23.4 Å². The molecule has 0 unspecified atom stereocenters. The molecule has 0 radical (unpaired) electrons. The highest BCUT2D eigenvalue weighted by Crippen LogP contribution is 2.28. The molecule has 12 heteroatoms. The van der Waals surface area contributed by atoms with Crippen molar-refractivity contribution in [3.05, 3.63) is 62.3 Å². The van der Waals surface area contributed by atoms with E-state index in [1.54, 1.807) is 48.2 Å². The van der Waals surface area contributed by atoms with E-state index in [0.29, 0.717) is 49.0 Å². The average molecular weight is 552 g/mol. The van der Waals surface area contributed by atoms with Gasteiger partial charge in [0, 0.05) is 22.8 Å². The summed E-state index contributed by atoms with van der Waals surface area (Å²) < 4.78 is 7.55. The van der Waals surface area contributed by atoms with Crippen LogP contribution in [0.25, 0.3) is 0 Å². The molecule has 0 atom stereocenters. The first-order valence-corrected chi connectivity index (χ1v) is 12.9. The van der Waals surface area contributed by atoms with Crippen molar-refractivity contribution >= 4 is 81.5 Å². The van der Waals surface area contributed by atoms with Gasteiger partial charge in [-0.1, -0.05) is 58.2 Å². The second-order valence-electron chi connectivity index (χ2n) is 6.39. The van der Waals surface area contributed by atoms with E-state index in [-0.39, 0.29) is 11.7 Å². The van der Waals surface area contributed by atoms with Gasteiger partial charge in [0.2, 0.25) is 5.91 Å². The summed E-state index contributed by atoms with van der Waals surface area (Å²) in [6.45, 7) is 0.499. The molecule has 1 aromatic heterocycles. The Morgan fingerprint density at radius 1 is 1.06 bits per heavy atom. The minimum Gasteiger partial charge on any atom is -0.491 e. The van der Waals surface area contributed by atoms with Crippen LogP contribution in [-0.4, -0.2) is 38.8 Å². The number of hydrogen-bond acceptors (Lipinski definition) is 6. The zero-order valence-electron chi connectivity index (χ0n) is 16.8. The third-order valence-corrected chi connectivity index (χ3v) is 7.09. The van der Waals surface area contributed by atoms with E-state index < -0.39 is 0 Å². The van der Waals surface area contributed by atoms with Crippen LogP contribution in [0.5, 0.6) is 5.75 Å². The lowest BCUT2D eigenvalue weighted by molar-refractivity contribution is -0.113. The monoisotopic (exact) mass is 550 g/mol. The van der Waals surface area contributed by atoms with E-state index in [1.807, 2.05) is 11.6 Å². The summed E-state index contributed by atoms with van der Waals surface area (Å²) in [5, 5.41) is 13.7. The van der Waals surface area contributed by atoms with Gasteiger partial charge in [0.25, 0.3) is 0 Å². The Morgan fingerprint density at radius 3 is 2.50 bits per heavy atom. The molecule has 0 saturated heterocycles. The molecule has 0 aliphatic heterocycles. The molecule has 6 nitrogen and oxygen atoms in total. The highest BCUT2D eigenvalue weighted by atomic mass is 35.5. The summed E-state index contributed by atoms with van der Waals surface area (Å²) in [6, 6.07) is 10.0. The second kappa shape index (κ2) is 12.3. The van der Waals surface area contributed by atoms with Crippen molar-refractivity contribution in [1.82, 2.24) is 14.8 Å². The summed E-state index contributed by atoms with van der Waals surface area (Å²) in [6.07, 6.45) is 0. The van der Waals surface area contributed by atoms with E-state index in [4.69, 9.17) is 51.1 Å². The molecule has 0 fully saturated rings. The van der Waals surface area contributed by atoms with Gasteiger partial charge in [-0.15, -0.1) is 10.2 Å². The predicted molar refractivity (Wildman–Crippen MR) is 135 cm³/mol. The summed E-state index contributed by atoms with van der Waals surface area (Å²) in [4.78, 5) is 12.2. The number of benzene rings is 2. The van der Waals surface area contributed by atoms with Crippen LogP contribution in [0.2, 0.25) is 20.1 Å². The van der Waals surface area contributed by atoms with E-state index in [2.05, 4.69) is 15.5 Å². The second-order valence-corrected chi connectivity index (χ2v) is 10.1. The van der Waals surface area contributed by atoms with Gasteiger partial charge in [0.1, 0.15) is 11.6 Å². The van der Waals surface area contributed by atoms with Crippen molar-refractivity contribution < 1.29 is 9.53 Å². The minimum absolute atomic E-state index is 0.174. The number of anilines is 1. The van der Waals surface area contributed by atoms with Gasteiger partial charge in [-0.05, 0) is 36.4 Å². The van der Waals surface area contributed by atoms with Crippen molar-refractivity contribution in [3.63, 3.8) is 0 Å². The number of nitrogens with zero attached hydrogens (tertiary/aromatic N) is 3. The topological polar surface area (TPSA) is 69.0 Å². The van der Waals surface area contributed by atoms with E-state index in [9.17, 15) is 4.79 Å². The van der Waals surface area contributed by atoms with Crippen molar-refractivity contribution in [3.8, 4) is 5.75 Å². The van der Waals surface area contributed by atoms with E-state index in [0.717, 1.165) is 11.6 Å². The lowest BCUT2D eigenvalue weighted by Gasteiger charge is -2.08. The Labute approximate surface area is 214 Å². The summed E-state index contributed by atoms with van der Waals surface area (Å²) >= 11 is 26.9. The van der Waals surface area contributed by atoms with Gasteiger partial charge in [0.05, 0.1) is 33.8 Å². The molecule has 0 aliphatic carbocycles. The van der Waals surface area contributed by atoms with Crippen LogP contribution in [0.15, 0.2) is 41.6 Å². The molecule has 3 rings (SSSR count). The van der Waals surface area contributed by atoms with Gasteiger partial charge < -0.3 is 14.6 Å². The predicted octanol–water partition coefficient (Wildman–Crippen LogP) is 6.47. The number of thioether (sulfide) groups is 2. The summed E-state index contributed by atoms with van der Waals surface area (Å²) in [5.74, 6) is 2.80. The Kier molecular flexibility index (Phi) is 9.70. The zero-order chi connectivity index (χ0) is 23.1. The van der Waals surface area contributed by atoms with Crippen molar-refractivity contribution in [1.29, 1.82) is 0 Å². The van der Waals surface area contributed by atoms with Crippen LogP contribution in [0.4, 0.5) is 5.69 Å². The normalized spacial score (nSPS) is 10.9. The Bertz CT molecular complexity index is 1100. The molecular formula is C20H18Cl4N4O2S2. The number of rotatable bonds is 10. The fourth-order valence-electron chi connectivity index (χ4n) is 2.47. The lowest BCUT2D eigenvalue weighted by Crippen LogP contribution is -2.14. The van der Waals surface area contributed by atoms with Gasteiger partial charge in [-0.25, -0.2) is 0 Å². The Morgan fingerprint density at radius 2 is 1.78 bits per heavy atom. The number of hydrogen-bond donors (Lipinski definition) is 1. The van der Waals surface area contributed by atoms with Crippen molar-refractivity contribution in [2.24, 2.45) is 7.05 Å². The van der Waals surface area contributed by atoms with Crippen LogP contribution < -0.4 is 10.1 Å². The molecule has 2 aromatic carbocycles. The van der Waals surface area contributed by atoms with Gasteiger partial charge in [-0.3, -0.25) is 4.79 Å². The molecular weight excluding hydrogens is 534 g/mol. The molecule has 1 amide bonds. The van der Waals surface area contributed by atoms with Crippen molar-refractivity contribution in [2.45, 2.75) is 10.9 Å². The molecule has 1 heterocycles. The first-order chi connectivity index (χ1) is 15.3.